The molecule has 4 aliphatic rings. The van der Waals surface area contributed by atoms with Gasteiger partial charge >= 0.3 is 6.18 Å². The third-order valence-electron chi connectivity index (χ3n) is 12.9. The lowest BCUT2D eigenvalue weighted by atomic mass is 9.65. The molecule has 2 N–H and O–H groups in total. The zero-order chi connectivity index (χ0) is 37.3. The molecule has 288 valence electrons. The molecule has 2 aliphatic carbocycles. The van der Waals surface area contributed by atoms with Crippen molar-refractivity contribution in [3.8, 4) is 5.75 Å². The number of nitrogens with zero attached hydrogens (tertiary/aromatic N) is 4. The Bertz CT molecular complexity index is 1750. The monoisotopic (exact) mass is 738 g/mol. The van der Waals surface area contributed by atoms with E-state index in [0.29, 0.717) is 33.7 Å². The number of hydrogen-bond donors (Lipinski definition) is 2. The van der Waals surface area contributed by atoms with Crippen molar-refractivity contribution in [3.05, 3.63) is 58.7 Å². The summed E-state index contributed by atoms with van der Waals surface area (Å²) in [5.41, 5.74) is 0.807. The maximum absolute atomic E-state index is 15.0. The van der Waals surface area contributed by atoms with Gasteiger partial charge in [0.05, 0.1) is 24.2 Å². The van der Waals surface area contributed by atoms with Gasteiger partial charge in [0.15, 0.2) is 0 Å². The molecule has 2 aromatic carbocycles. The van der Waals surface area contributed by atoms with Gasteiger partial charge in [0, 0.05) is 55.7 Å². The Labute approximate surface area is 310 Å². The van der Waals surface area contributed by atoms with Gasteiger partial charge < -0.3 is 20.3 Å². The SMILES string of the molecule is COc1cc2nc(C)nc(N[C@H](C)c3cccc(C(F)(F)F)c3F)c2cc1C1CCC(C(=O)N2CCN(CC3CCC4(CCNCC4)CC3)CC2)CC1. The molecule has 12 heteroatoms. The highest BCUT2D eigenvalue weighted by Crippen LogP contribution is 2.46. The number of halogens is 4. The number of nitrogens with one attached hydrogen (secondary N) is 2. The molecule has 0 radical (unpaired) electrons. The summed E-state index contributed by atoms with van der Waals surface area (Å²) in [7, 11) is 1.63. The summed E-state index contributed by atoms with van der Waals surface area (Å²) in [5, 5.41) is 7.38. The van der Waals surface area contributed by atoms with Crippen LogP contribution in [-0.2, 0) is 11.0 Å². The molecule has 0 unspecified atom stereocenters. The van der Waals surface area contributed by atoms with Gasteiger partial charge in [0.2, 0.25) is 5.91 Å². The van der Waals surface area contributed by atoms with Crippen LogP contribution in [0.5, 0.6) is 5.75 Å². The van der Waals surface area contributed by atoms with E-state index < -0.39 is 23.6 Å². The second-order valence-corrected chi connectivity index (χ2v) is 16.2. The Morgan fingerprint density at radius 3 is 2.36 bits per heavy atom. The van der Waals surface area contributed by atoms with Crippen molar-refractivity contribution in [3.63, 3.8) is 0 Å². The van der Waals surface area contributed by atoms with E-state index in [1.807, 2.05) is 12.1 Å². The highest BCUT2D eigenvalue weighted by atomic mass is 19.4. The minimum absolute atomic E-state index is 0.00943. The molecule has 1 aromatic heterocycles. The fourth-order valence-corrected chi connectivity index (χ4v) is 9.64. The van der Waals surface area contributed by atoms with Gasteiger partial charge in [-0.2, -0.15) is 13.2 Å². The van der Waals surface area contributed by atoms with Gasteiger partial charge in [-0.25, -0.2) is 14.4 Å². The van der Waals surface area contributed by atoms with Crippen molar-refractivity contribution in [2.45, 2.75) is 96.2 Å². The molecule has 1 spiro atoms. The quantitative estimate of drug-likeness (QED) is 0.225. The number of aryl methyl sites for hydroxylation is 1. The summed E-state index contributed by atoms with van der Waals surface area (Å²) in [4.78, 5) is 27.6. The van der Waals surface area contributed by atoms with E-state index in [0.717, 1.165) is 76.0 Å². The summed E-state index contributed by atoms with van der Waals surface area (Å²) in [6, 6.07) is 6.38. The smallest absolute Gasteiger partial charge is 0.419 e. The van der Waals surface area contributed by atoms with E-state index in [-0.39, 0.29) is 23.3 Å². The molecular weight excluding hydrogens is 684 g/mol. The van der Waals surface area contributed by atoms with Gasteiger partial charge in [-0.3, -0.25) is 9.69 Å². The first kappa shape index (κ1) is 37.8. The summed E-state index contributed by atoms with van der Waals surface area (Å²) in [6.45, 7) is 10.4. The van der Waals surface area contributed by atoms with Crippen molar-refractivity contribution in [1.82, 2.24) is 25.1 Å². The van der Waals surface area contributed by atoms with Crippen LogP contribution in [0.25, 0.3) is 10.9 Å². The highest BCUT2D eigenvalue weighted by Gasteiger charge is 2.38. The number of anilines is 1. The van der Waals surface area contributed by atoms with Crippen LogP contribution in [-0.4, -0.2) is 78.6 Å². The summed E-state index contributed by atoms with van der Waals surface area (Å²) in [5.74, 6) is 1.51. The van der Waals surface area contributed by atoms with Crippen LogP contribution < -0.4 is 15.4 Å². The number of ether oxygens (including phenoxy) is 1. The number of hydrogen-bond acceptors (Lipinski definition) is 7. The van der Waals surface area contributed by atoms with Gasteiger partial charge in [0.1, 0.15) is 23.2 Å². The fourth-order valence-electron chi connectivity index (χ4n) is 9.64. The van der Waals surface area contributed by atoms with E-state index in [9.17, 15) is 18.0 Å². The molecule has 3 aromatic rings. The number of amides is 1. The number of carbonyl (C=O) groups is 1. The number of piperazine rings is 1. The van der Waals surface area contributed by atoms with E-state index >= 15 is 4.39 Å². The predicted octanol–water partition coefficient (Wildman–Crippen LogP) is 8.26. The maximum atomic E-state index is 15.0. The minimum atomic E-state index is -4.80. The van der Waals surface area contributed by atoms with Crippen LogP contribution in [0, 0.1) is 30.0 Å². The van der Waals surface area contributed by atoms with Gasteiger partial charge in [0.25, 0.3) is 0 Å². The molecule has 2 saturated heterocycles. The first-order chi connectivity index (χ1) is 25.4. The van der Waals surface area contributed by atoms with Crippen LogP contribution in [0.1, 0.15) is 106 Å². The number of methoxy groups -OCH3 is 1. The molecule has 53 heavy (non-hydrogen) atoms. The number of benzene rings is 2. The van der Waals surface area contributed by atoms with Crippen molar-refractivity contribution in [2.24, 2.45) is 17.3 Å². The Balaban J connectivity index is 0.967. The van der Waals surface area contributed by atoms with Crippen LogP contribution in [0.15, 0.2) is 30.3 Å². The summed E-state index contributed by atoms with van der Waals surface area (Å²) in [6.07, 6.45) is 6.57. The largest absolute Gasteiger partial charge is 0.496 e. The molecule has 3 heterocycles. The first-order valence-electron chi connectivity index (χ1n) is 19.6. The number of carbonyl (C=O) groups excluding carboxylic acids is 1. The van der Waals surface area contributed by atoms with E-state index in [1.165, 1.54) is 63.7 Å². The highest BCUT2D eigenvalue weighted by molar-refractivity contribution is 5.91. The Morgan fingerprint density at radius 1 is 1.00 bits per heavy atom. The van der Waals surface area contributed by atoms with Gasteiger partial charge in [-0.1, -0.05) is 12.1 Å². The Morgan fingerprint density at radius 2 is 1.70 bits per heavy atom. The molecule has 7 rings (SSSR count). The second kappa shape index (κ2) is 15.7. The number of alkyl halides is 3. The molecule has 1 atom stereocenters. The molecule has 8 nitrogen and oxygen atoms in total. The van der Waals surface area contributed by atoms with Crippen LogP contribution in [0.4, 0.5) is 23.4 Å². The second-order valence-electron chi connectivity index (χ2n) is 16.2. The molecule has 1 amide bonds. The van der Waals surface area contributed by atoms with Crippen LogP contribution in [0.3, 0.4) is 0 Å². The van der Waals surface area contributed by atoms with E-state index in [2.05, 4.69) is 30.4 Å². The predicted molar refractivity (Wildman–Crippen MR) is 198 cm³/mol. The van der Waals surface area contributed by atoms with Gasteiger partial charge in [-0.15, -0.1) is 0 Å². The first-order valence-corrected chi connectivity index (χ1v) is 19.6. The molecular formula is C41H54F4N6O2. The number of aromatic nitrogens is 2. The molecule has 2 aliphatic heterocycles. The normalized spacial score (nSPS) is 23.6. The standard InChI is InChI=1S/C41H54F4N6O2/c1-26(31-5-4-6-34(37(31)42)41(43,44)45)47-38-33-23-32(36(53-3)24-35(33)48-27(2)49-38)29-7-9-30(10-8-29)39(52)51-21-19-50(20-22-51)25-28-11-13-40(14-12-28)15-17-46-18-16-40/h4-6,23-24,26,28-30,46H,7-22,25H2,1-3H3,(H,47,48,49)/t26-,29?,30?/m1/s1. The summed E-state index contributed by atoms with van der Waals surface area (Å²) < 4.78 is 61.2. The summed E-state index contributed by atoms with van der Waals surface area (Å²) >= 11 is 0. The Hall–Kier alpha value is -3.51. The lowest BCUT2D eigenvalue weighted by Crippen LogP contribution is -2.51. The minimum Gasteiger partial charge on any atom is -0.496 e. The average Bonchev–Trinajstić information content (AvgIpc) is 3.15. The van der Waals surface area contributed by atoms with Crippen LogP contribution >= 0.6 is 0 Å². The lowest BCUT2D eigenvalue weighted by molar-refractivity contribution is -0.140. The van der Waals surface area contributed by atoms with Crippen molar-refractivity contribution < 1.29 is 27.1 Å². The third-order valence-corrected chi connectivity index (χ3v) is 12.9. The zero-order valence-corrected chi connectivity index (χ0v) is 31.3. The van der Waals surface area contributed by atoms with Crippen molar-refractivity contribution >= 4 is 22.6 Å². The van der Waals surface area contributed by atoms with Crippen LogP contribution in [0.2, 0.25) is 0 Å². The van der Waals surface area contributed by atoms with E-state index in [1.54, 1.807) is 21.0 Å². The average molecular weight is 739 g/mol. The van der Waals surface area contributed by atoms with E-state index in [4.69, 9.17) is 4.74 Å². The van der Waals surface area contributed by atoms with Crippen molar-refractivity contribution in [2.75, 3.05) is 58.2 Å². The number of rotatable bonds is 8. The third kappa shape index (κ3) is 8.28. The number of fused-ring (bicyclic) bond motifs is 1. The molecule has 2 saturated carbocycles. The fraction of sp³-hybridized carbons (Fsp3) is 0.634. The van der Waals surface area contributed by atoms with Gasteiger partial charge in [-0.05, 0) is 126 Å². The Kier molecular flexibility index (Phi) is 11.2. The number of piperidine rings is 1. The lowest BCUT2D eigenvalue weighted by Gasteiger charge is -2.45. The zero-order valence-electron chi connectivity index (χ0n) is 31.3. The molecule has 0 bridgehead atoms. The maximum Gasteiger partial charge on any atom is 0.419 e. The molecule has 4 fully saturated rings. The van der Waals surface area contributed by atoms with Crippen molar-refractivity contribution in [1.29, 1.82) is 0 Å². The topological polar surface area (TPSA) is 82.6 Å².